The topological polar surface area (TPSA) is 87.8 Å². The zero-order chi connectivity index (χ0) is 19.7. The molecular formula is C19H13FN4O2S2. The lowest BCUT2D eigenvalue weighted by atomic mass is 10.1. The predicted molar refractivity (Wildman–Crippen MR) is 105 cm³/mol. The van der Waals surface area contributed by atoms with Crippen LogP contribution in [0.3, 0.4) is 0 Å². The van der Waals surface area contributed by atoms with E-state index in [1.54, 1.807) is 41.8 Å². The number of aromatic nitrogens is 2. The molecule has 0 bridgehead atoms. The van der Waals surface area contributed by atoms with Crippen LogP contribution in [0.15, 0.2) is 64.2 Å². The number of nitrogens with one attached hydrogen (secondary N) is 1. The summed E-state index contributed by atoms with van der Waals surface area (Å²) in [5, 5.41) is 15.1. The highest BCUT2D eigenvalue weighted by Crippen LogP contribution is 2.29. The molecule has 0 saturated heterocycles. The number of anilines is 1. The fraction of sp³-hybridized carbons (Fsp3) is 0.0526. The Bertz CT molecular complexity index is 1310. The molecule has 0 radical (unpaired) electrons. The van der Waals surface area contributed by atoms with E-state index in [9.17, 15) is 12.8 Å². The minimum absolute atomic E-state index is 0.0714. The second-order valence-corrected chi connectivity index (χ2v) is 8.85. The van der Waals surface area contributed by atoms with E-state index in [1.807, 2.05) is 6.07 Å². The SMILES string of the molecule is N#Cc1cccc(Cn2nc(NS(=O)(=O)c3cccs3)c3c(F)cccc32)c1. The molecule has 0 aliphatic carbocycles. The van der Waals surface area contributed by atoms with Crippen molar-refractivity contribution in [3.63, 3.8) is 0 Å². The predicted octanol–water partition coefficient (Wildman–Crippen LogP) is 3.96. The van der Waals surface area contributed by atoms with E-state index in [2.05, 4.69) is 15.9 Å². The van der Waals surface area contributed by atoms with E-state index in [4.69, 9.17) is 5.26 Å². The van der Waals surface area contributed by atoms with Crippen molar-refractivity contribution in [2.45, 2.75) is 10.8 Å². The number of nitrogens with zero attached hydrogens (tertiary/aromatic N) is 3. The van der Waals surface area contributed by atoms with Crippen molar-refractivity contribution in [2.24, 2.45) is 0 Å². The highest BCUT2D eigenvalue weighted by Gasteiger charge is 2.22. The third-order valence-corrected chi connectivity index (χ3v) is 6.84. The first kappa shape index (κ1) is 18.2. The van der Waals surface area contributed by atoms with Gasteiger partial charge in [0, 0.05) is 0 Å². The molecule has 0 saturated carbocycles. The molecular weight excluding hydrogens is 399 g/mol. The van der Waals surface area contributed by atoms with Crippen LogP contribution < -0.4 is 4.72 Å². The van der Waals surface area contributed by atoms with Gasteiger partial charge in [0.2, 0.25) is 0 Å². The van der Waals surface area contributed by atoms with Gasteiger partial charge in [-0.1, -0.05) is 24.3 Å². The smallest absolute Gasteiger partial charge is 0.261 e. The van der Waals surface area contributed by atoms with Crippen molar-refractivity contribution < 1.29 is 12.8 Å². The second-order valence-electron chi connectivity index (χ2n) is 5.99. The van der Waals surface area contributed by atoms with Crippen molar-refractivity contribution in [1.29, 1.82) is 5.26 Å². The summed E-state index contributed by atoms with van der Waals surface area (Å²) in [6, 6.07) is 16.6. The molecule has 9 heteroatoms. The summed E-state index contributed by atoms with van der Waals surface area (Å²) in [5.74, 6) is -0.642. The number of thiophene rings is 1. The van der Waals surface area contributed by atoms with Crippen LogP contribution in [0.5, 0.6) is 0 Å². The molecule has 28 heavy (non-hydrogen) atoms. The quantitative estimate of drug-likeness (QED) is 0.537. The molecule has 6 nitrogen and oxygen atoms in total. The first-order chi connectivity index (χ1) is 13.5. The van der Waals surface area contributed by atoms with E-state index in [0.717, 1.165) is 16.9 Å². The van der Waals surface area contributed by atoms with Crippen LogP contribution in [-0.4, -0.2) is 18.2 Å². The summed E-state index contributed by atoms with van der Waals surface area (Å²) in [5.41, 5.74) is 1.74. The van der Waals surface area contributed by atoms with Crippen molar-refractivity contribution in [2.75, 3.05) is 4.72 Å². The number of hydrogen-bond donors (Lipinski definition) is 1. The van der Waals surface area contributed by atoms with Crippen LogP contribution in [0.25, 0.3) is 10.9 Å². The fourth-order valence-corrected chi connectivity index (χ4v) is 4.89. The lowest BCUT2D eigenvalue weighted by molar-refractivity contribution is 0.602. The largest absolute Gasteiger partial charge is 0.272 e. The molecule has 2 heterocycles. The number of nitriles is 1. The zero-order valence-corrected chi connectivity index (χ0v) is 16.0. The van der Waals surface area contributed by atoms with E-state index < -0.39 is 15.8 Å². The fourth-order valence-electron chi connectivity index (χ4n) is 2.88. The van der Waals surface area contributed by atoms with Gasteiger partial charge < -0.3 is 0 Å². The highest BCUT2D eigenvalue weighted by atomic mass is 32.2. The Hall–Kier alpha value is -3.22. The maximum Gasteiger partial charge on any atom is 0.272 e. The Morgan fingerprint density at radius 3 is 2.75 bits per heavy atom. The standard InChI is InChI=1S/C19H13FN4O2S2/c20-15-6-2-7-16-18(15)19(23-28(25,26)17-8-3-9-27-17)22-24(16)12-14-5-1-4-13(10-14)11-21/h1-10H,12H2,(H,22,23). The van der Waals surface area contributed by atoms with Gasteiger partial charge in [0.05, 0.1) is 29.1 Å². The first-order valence-electron chi connectivity index (χ1n) is 8.18. The van der Waals surface area contributed by atoms with Crippen molar-refractivity contribution in [3.05, 3.63) is 76.9 Å². The lowest BCUT2D eigenvalue weighted by Gasteiger charge is -2.04. The molecule has 0 amide bonds. The summed E-state index contributed by atoms with van der Waals surface area (Å²) in [6.07, 6.45) is 0. The van der Waals surface area contributed by atoms with Crippen LogP contribution in [0.1, 0.15) is 11.1 Å². The molecule has 2 aromatic carbocycles. The third-order valence-electron chi connectivity index (χ3n) is 4.11. The molecule has 0 aliphatic heterocycles. The first-order valence-corrected chi connectivity index (χ1v) is 10.5. The van der Waals surface area contributed by atoms with Gasteiger partial charge >= 0.3 is 0 Å². The van der Waals surface area contributed by atoms with Gasteiger partial charge in [0.15, 0.2) is 5.82 Å². The molecule has 2 aromatic heterocycles. The molecule has 1 N–H and O–H groups in total. The van der Waals surface area contributed by atoms with Crippen LogP contribution in [0.4, 0.5) is 10.2 Å². The van der Waals surface area contributed by atoms with Gasteiger partial charge in [-0.2, -0.15) is 10.4 Å². The summed E-state index contributed by atoms with van der Waals surface area (Å²) in [7, 11) is -3.87. The maximum atomic E-state index is 14.5. The molecule has 0 unspecified atom stereocenters. The molecule has 0 aliphatic rings. The van der Waals surface area contributed by atoms with Crippen molar-refractivity contribution in [3.8, 4) is 6.07 Å². The molecule has 140 valence electrons. The Morgan fingerprint density at radius 2 is 2.00 bits per heavy atom. The molecule has 4 aromatic rings. The minimum Gasteiger partial charge on any atom is -0.261 e. The molecule has 0 fully saturated rings. The summed E-state index contributed by atoms with van der Waals surface area (Å²) >= 11 is 1.06. The van der Waals surface area contributed by atoms with Crippen LogP contribution in [-0.2, 0) is 16.6 Å². The Morgan fingerprint density at radius 1 is 1.18 bits per heavy atom. The number of fused-ring (bicyclic) bond motifs is 1. The Labute approximate surface area is 164 Å². The van der Waals surface area contributed by atoms with Crippen molar-refractivity contribution >= 4 is 38.1 Å². The molecule has 4 rings (SSSR count). The second kappa shape index (κ2) is 7.07. The van der Waals surface area contributed by atoms with Gasteiger partial charge in [0.1, 0.15) is 10.0 Å². The maximum absolute atomic E-state index is 14.5. The number of hydrogen-bond acceptors (Lipinski definition) is 5. The van der Waals surface area contributed by atoms with Gasteiger partial charge in [-0.05, 0) is 41.3 Å². The van der Waals surface area contributed by atoms with E-state index in [0.29, 0.717) is 11.1 Å². The normalized spacial score (nSPS) is 11.4. The Kier molecular flexibility index (Phi) is 4.58. The van der Waals surface area contributed by atoms with Crippen molar-refractivity contribution in [1.82, 2.24) is 9.78 Å². The van der Waals surface area contributed by atoms with Crippen LogP contribution in [0.2, 0.25) is 0 Å². The summed E-state index contributed by atoms with van der Waals surface area (Å²) in [6.45, 7) is 0.260. The lowest BCUT2D eigenvalue weighted by Crippen LogP contribution is -2.12. The van der Waals surface area contributed by atoms with Gasteiger partial charge in [-0.3, -0.25) is 9.40 Å². The van der Waals surface area contributed by atoms with Gasteiger partial charge in [-0.15, -0.1) is 11.3 Å². The van der Waals surface area contributed by atoms with Gasteiger partial charge in [0.25, 0.3) is 10.0 Å². The average molecular weight is 412 g/mol. The van der Waals surface area contributed by atoms with E-state index >= 15 is 0 Å². The number of benzene rings is 2. The Balaban J connectivity index is 1.79. The van der Waals surface area contributed by atoms with E-state index in [1.165, 1.54) is 16.8 Å². The highest BCUT2D eigenvalue weighted by molar-refractivity contribution is 7.94. The van der Waals surface area contributed by atoms with E-state index in [-0.39, 0.29) is 22.0 Å². The number of halogens is 1. The third kappa shape index (κ3) is 3.35. The summed E-state index contributed by atoms with van der Waals surface area (Å²) in [4.78, 5) is 0. The monoisotopic (exact) mass is 412 g/mol. The minimum atomic E-state index is -3.87. The number of sulfonamides is 1. The zero-order valence-electron chi connectivity index (χ0n) is 14.3. The van der Waals surface area contributed by atoms with Crippen LogP contribution in [0, 0.1) is 17.1 Å². The van der Waals surface area contributed by atoms with Gasteiger partial charge in [-0.25, -0.2) is 12.8 Å². The molecule has 0 atom stereocenters. The summed E-state index contributed by atoms with van der Waals surface area (Å²) < 4.78 is 43.7. The van der Waals surface area contributed by atoms with Crippen LogP contribution >= 0.6 is 11.3 Å². The number of rotatable bonds is 5. The average Bonchev–Trinajstić information content (AvgIpc) is 3.32. The molecule has 0 spiro atoms.